The van der Waals surface area contributed by atoms with E-state index in [1.165, 1.54) is 44.9 Å². The van der Waals surface area contributed by atoms with Gasteiger partial charge in [0.05, 0.1) is 0 Å². The molecule has 0 aromatic rings. The van der Waals surface area contributed by atoms with Crippen LogP contribution in [0.3, 0.4) is 0 Å². The van der Waals surface area contributed by atoms with E-state index in [4.69, 9.17) is 22.6 Å². The number of aliphatic carboxylic acids is 1. The molecule has 0 fully saturated rings. The van der Waals surface area contributed by atoms with Crippen LogP contribution in [0.15, 0.2) is 0 Å². The van der Waals surface area contributed by atoms with E-state index in [1.807, 2.05) is 0 Å². The van der Waals surface area contributed by atoms with Crippen LogP contribution in [0.5, 0.6) is 0 Å². The summed E-state index contributed by atoms with van der Waals surface area (Å²) >= 11 is 0. The molecule has 118 valence electrons. The maximum absolute atomic E-state index is 10.2. The van der Waals surface area contributed by atoms with Gasteiger partial charge < -0.3 is 6.53 Å². The van der Waals surface area contributed by atoms with E-state index >= 15 is 0 Å². The van der Waals surface area contributed by atoms with Gasteiger partial charge in [0, 0.05) is 6.42 Å². The van der Waals surface area contributed by atoms with Gasteiger partial charge in [-0.05, 0) is 6.42 Å². The molecular weight excluding hydrogens is 311 g/mol. The van der Waals surface area contributed by atoms with Gasteiger partial charge in [-0.2, -0.15) is 8.42 Å². The van der Waals surface area contributed by atoms with Crippen LogP contribution in [-0.2, 0) is 15.2 Å². The predicted molar refractivity (Wildman–Crippen MR) is 74.8 cm³/mol. The minimum Gasteiger partial charge on any atom is -1.00 e. The van der Waals surface area contributed by atoms with E-state index in [-0.39, 0.29) is 52.8 Å². The molecule has 3 N–H and O–H groups in total. The normalized spacial score (nSPS) is 10.2. The third kappa shape index (κ3) is 42.8. The van der Waals surface area contributed by atoms with E-state index in [0.717, 1.165) is 12.8 Å². The second kappa shape index (κ2) is 18.0. The van der Waals surface area contributed by atoms with Crippen molar-refractivity contribution in [2.75, 3.05) is 0 Å². The van der Waals surface area contributed by atoms with Gasteiger partial charge in [-0.3, -0.25) is 13.9 Å². The van der Waals surface area contributed by atoms with Gasteiger partial charge in [0.25, 0.3) is 0 Å². The first-order chi connectivity index (χ1) is 8.77. The molecule has 0 bridgehead atoms. The number of rotatable bonds is 10. The maximum Gasteiger partial charge on any atom is 1.00 e. The number of carboxylic acids is 1. The molecule has 0 radical (unpaired) electrons. The first-order valence-electron chi connectivity index (χ1n) is 6.69. The van der Waals surface area contributed by atoms with Crippen LogP contribution >= 0.6 is 0 Å². The zero-order chi connectivity index (χ0) is 15.1. The zero-order valence-electron chi connectivity index (χ0n) is 13.5. The Bertz CT molecular complexity index is 303. The Labute approximate surface area is 166 Å². The number of unbranched alkanes of at least 4 members (excludes halogenated alkanes) is 8. The molecule has 0 rings (SSSR count). The van der Waals surface area contributed by atoms with Crippen molar-refractivity contribution in [3.8, 4) is 0 Å². The zero-order valence-corrected chi connectivity index (χ0v) is 16.5. The van der Waals surface area contributed by atoms with Crippen molar-refractivity contribution in [1.82, 2.24) is 0 Å². The van der Waals surface area contributed by atoms with E-state index in [0.29, 0.717) is 6.42 Å². The van der Waals surface area contributed by atoms with Gasteiger partial charge in [-0.1, -0.05) is 58.3 Å². The van der Waals surface area contributed by atoms with E-state index in [2.05, 4.69) is 6.92 Å². The molecule has 0 aromatic heterocycles. The van der Waals surface area contributed by atoms with Gasteiger partial charge in [0.1, 0.15) is 0 Å². The standard InChI is InChI=1S/C12H24O2.K.H2O4S.H/c1-2-3-4-5-6-7-8-9-10-11-12(13)14;;1-5(2,3)4;/h2-11H2,1H3,(H,13,14);;(H2,1,2,3,4);/q;+1;;-1. The molecule has 0 saturated carbocycles. The maximum atomic E-state index is 10.2. The fourth-order valence-corrected chi connectivity index (χ4v) is 1.59. The largest absolute Gasteiger partial charge is 1.00 e. The quantitative estimate of drug-likeness (QED) is 0.303. The smallest absolute Gasteiger partial charge is 1.00 e. The number of hydrogen-bond donors (Lipinski definition) is 3. The van der Waals surface area contributed by atoms with Crippen molar-refractivity contribution in [3.05, 3.63) is 0 Å². The molecule has 0 saturated heterocycles. The number of hydrogen-bond acceptors (Lipinski definition) is 3. The van der Waals surface area contributed by atoms with Gasteiger partial charge in [-0.15, -0.1) is 0 Å². The minimum absolute atomic E-state index is 0. The van der Waals surface area contributed by atoms with E-state index in [9.17, 15) is 4.79 Å². The Balaban J connectivity index is -0.000000179. The van der Waals surface area contributed by atoms with Crippen LogP contribution in [-0.4, -0.2) is 28.6 Å². The molecule has 0 amide bonds. The Morgan fingerprint density at radius 1 is 0.900 bits per heavy atom. The summed E-state index contributed by atoms with van der Waals surface area (Å²) < 4.78 is 31.6. The summed E-state index contributed by atoms with van der Waals surface area (Å²) in [5, 5.41) is 8.41. The topological polar surface area (TPSA) is 112 Å². The first-order valence-corrected chi connectivity index (χ1v) is 8.08. The van der Waals surface area contributed by atoms with E-state index < -0.39 is 16.4 Å². The molecule has 0 aliphatic rings. The van der Waals surface area contributed by atoms with Gasteiger partial charge in [-0.25, -0.2) is 0 Å². The Morgan fingerprint density at radius 3 is 1.50 bits per heavy atom. The van der Waals surface area contributed by atoms with Crippen molar-refractivity contribution < 1.29 is 80.2 Å². The van der Waals surface area contributed by atoms with Crippen LogP contribution in [0.4, 0.5) is 0 Å². The fraction of sp³-hybridized carbons (Fsp3) is 0.917. The van der Waals surface area contributed by atoms with Gasteiger partial charge in [0.15, 0.2) is 0 Å². The van der Waals surface area contributed by atoms with Crippen molar-refractivity contribution in [2.24, 2.45) is 0 Å². The third-order valence-corrected chi connectivity index (χ3v) is 2.49. The summed E-state index contributed by atoms with van der Waals surface area (Å²) in [5.41, 5.74) is 0. The molecule has 0 heterocycles. The minimum atomic E-state index is -4.67. The average Bonchev–Trinajstić information content (AvgIpc) is 2.24. The SMILES string of the molecule is CCCCCCCCCCCC(=O)O.O=S(=O)(O)O.[H-].[K+]. The molecule has 20 heavy (non-hydrogen) atoms. The Morgan fingerprint density at radius 2 is 1.20 bits per heavy atom. The second-order valence-electron chi connectivity index (χ2n) is 4.42. The van der Waals surface area contributed by atoms with Crippen molar-refractivity contribution in [3.63, 3.8) is 0 Å². The van der Waals surface area contributed by atoms with Gasteiger partial charge in [0.2, 0.25) is 0 Å². The molecule has 0 aliphatic heterocycles. The van der Waals surface area contributed by atoms with Crippen molar-refractivity contribution in [1.29, 1.82) is 0 Å². The van der Waals surface area contributed by atoms with Crippen molar-refractivity contribution >= 4 is 16.4 Å². The summed E-state index contributed by atoms with van der Waals surface area (Å²) in [6.07, 6.45) is 11.5. The van der Waals surface area contributed by atoms with Crippen LogP contribution in [0.2, 0.25) is 0 Å². The number of carboxylic acid groups (broad SMARTS) is 1. The van der Waals surface area contributed by atoms with Crippen LogP contribution < -0.4 is 51.4 Å². The molecule has 8 heteroatoms. The molecule has 0 atom stereocenters. The fourth-order valence-electron chi connectivity index (χ4n) is 1.59. The summed E-state index contributed by atoms with van der Waals surface area (Å²) in [6.45, 7) is 2.23. The third-order valence-electron chi connectivity index (χ3n) is 2.49. The number of carbonyl (C=O) groups is 1. The Hall–Kier alpha value is 0.976. The molecule has 0 aromatic carbocycles. The van der Waals surface area contributed by atoms with Crippen LogP contribution in [0.25, 0.3) is 0 Å². The average molecular weight is 339 g/mol. The Kier molecular flexibility index (Phi) is 23.3. The summed E-state index contributed by atoms with van der Waals surface area (Å²) in [4.78, 5) is 10.2. The first kappa shape index (κ1) is 25.9. The molecule has 6 nitrogen and oxygen atoms in total. The molecule has 0 spiro atoms. The summed E-state index contributed by atoms with van der Waals surface area (Å²) in [6, 6.07) is 0. The van der Waals surface area contributed by atoms with Gasteiger partial charge >= 0.3 is 67.8 Å². The summed E-state index contributed by atoms with van der Waals surface area (Å²) in [5.74, 6) is -0.659. The van der Waals surface area contributed by atoms with Crippen LogP contribution in [0.1, 0.15) is 72.6 Å². The second-order valence-corrected chi connectivity index (χ2v) is 5.32. The monoisotopic (exact) mass is 338 g/mol. The molecule has 0 aliphatic carbocycles. The molecular formula is C12H27KO6S. The summed E-state index contributed by atoms with van der Waals surface area (Å²) in [7, 11) is -4.67. The predicted octanol–water partition coefficient (Wildman–Crippen LogP) is 0.456. The van der Waals surface area contributed by atoms with E-state index in [1.54, 1.807) is 0 Å². The van der Waals surface area contributed by atoms with Crippen molar-refractivity contribution in [2.45, 2.75) is 71.1 Å². The van der Waals surface area contributed by atoms with Crippen LogP contribution in [0, 0.1) is 0 Å². The molecule has 0 unspecified atom stereocenters.